The Labute approximate surface area is 532 Å². The number of ether oxygens (including phenoxy) is 1. The van der Waals surface area contributed by atoms with E-state index in [1.165, 1.54) is 372 Å². The highest BCUT2D eigenvalue weighted by molar-refractivity contribution is 5.76. The zero-order chi connectivity index (χ0) is 61.3. The summed E-state index contributed by atoms with van der Waals surface area (Å²) >= 11 is 0. The van der Waals surface area contributed by atoms with Crippen LogP contribution in [-0.2, 0) is 14.3 Å². The van der Waals surface area contributed by atoms with Gasteiger partial charge in [-0.25, -0.2) is 0 Å². The topological polar surface area (TPSA) is 95.9 Å². The Morgan fingerprint density at radius 1 is 0.318 bits per heavy atom. The Morgan fingerprint density at radius 2 is 0.565 bits per heavy atom. The van der Waals surface area contributed by atoms with Gasteiger partial charge in [0, 0.05) is 12.8 Å². The monoisotopic (exact) mass is 1200 g/mol. The molecule has 0 bridgehead atoms. The Hall–Kier alpha value is -1.66. The summed E-state index contributed by atoms with van der Waals surface area (Å²) in [6, 6.07) is -0.625. The van der Waals surface area contributed by atoms with Gasteiger partial charge in [0.05, 0.1) is 25.4 Å². The molecule has 2 atom stereocenters. The minimum absolute atomic E-state index is 0.0111. The molecule has 0 aliphatic heterocycles. The molecule has 0 aliphatic carbocycles. The molecule has 0 heterocycles. The maximum absolute atomic E-state index is 12.6. The fraction of sp³-hybridized carbons (Fsp3) is 0.924. The lowest BCUT2D eigenvalue weighted by atomic mass is 10.0. The minimum Gasteiger partial charge on any atom is -0.466 e. The van der Waals surface area contributed by atoms with Crippen molar-refractivity contribution in [1.29, 1.82) is 0 Å². The van der Waals surface area contributed by atoms with Crippen molar-refractivity contribution in [1.82, 2.24) is 5.32 Å². The van der Waals surface area contributed by atoms with Gasteiger partial charge in [0.15, 0.2) is 0 Å². The Balaban J connectivity index is 3.35. The standard InChI is InChI=1S/C79H153NO5/c1-3-5-7-9-11-13-15-16-17-18-19-20-21-33-36-39-42-45-48-52-55-59-63-67-71-77(82)76(75-81)80-78(83)72-68-64-60-56-53-49-46-43-40-37-34-31-29-27-25-23-22-24-26-28-30-32-35-38-41-44-47-50-54-58-62-66-70-74-85-79(84)73-69-65-61-57-51-14-12-10-8-6-4-2/h10,12,67,71,76-77,81-82H,3-9,11,13-66,68-70,72-75H2,1-2H3,(H,80,83)/b12-10-,71-67+. The summed E-state index contributed by atoms with van der Waals surface area (Å²) in [5, 5.41) is 23.3. The third kappa shape index (κ3) is 71.3. The van der Waals surface area contributed by atoms with E-state index in [0.717, 1.165) is 44.9 Å². The number of nitrogens with one attached hydrogen (secondary N) is 1. The van der Waals surface area contributed by atoms with E-state index in [0.29, 0.717) is 19.4 Å². The van der Waals surface area contributed by atoms with Crippen molar-refractivity contribution in [2.75, 3.05) is 13.2 Å². The number of esters is 1. The van der Waals surface area contributed by atoms with E-state index in [1.54, 1.807) is 6.08 Å². The maximum atomic E-state index is 12.6. The van der Waals surface area contributed by atoms with Crippen molar-refractivity contribution in [3.8, 4) is 0 Å². The average Bonchev–Trinajstić information content (AvgIpc) is 3.55. The quantitative estimate of drug-likeness (QED) is 0.0320. The van der Waals surface area contributed by atoms with Crippen LogP contribution in [0.4, 0.5) is 0 Å². The van der Waals surface area contributed by atoms with Gasteiger partial charge in [-0.05, 0) is 51.4 Å². The molecule has 0 saturated heterocycles. The molecule has 2 unspecified atom stereocenters. The molecule has 0 spiro atoms. The summed E-state index contributed by atoms with van der Waals surface area (Å²) in [4.78, 5) is 24.6. The molecule has 0 fully saturated rings. The first-order valence-electron chi connectivity index (χ1n) is 39.1. The molecule has 0 saturated carbocycles. The highest BCUT2D eigenvalue weighted by Crippen LogP contribution is 2.20. The predicted octanol–water partition coefficient (Wildman–Crippen LogP) is 25.7. The van der Waals surface area contributed by atoms with Crippen molar-refractivity contribution in [3.05, 3.63) is 24.3 Å². The van der Waals surface area contributed by atoms with Crippen LogP contribution in [0.15, 0.2) is 24.3 Å². The van der Waals surface area contributed by atoms with Crippen LogP contribution >= 0.6 is 0 Å². The number of amides is 1. The highest BCUT2D eigenvalue weighted by Gasteiger charge is 2.18. The van der Waals surface area contributed by atoms with E-state index >= 15 is 0 Å². The first-order chi connectivity index (χ1) is 42.0. The number of allylic oxidation sites excluding steroid dienone is 3. The zero-order valence-electron chi connectivity index (χ0n) is 57.9. The van der Waals surface area contributed by atoms with Crippen LogP contribution in [0, 0.1) is 0 Å². The summed E-state index contributed by atoms with van der Waals surface area (Å²) in [5.41, 5.74) is 0. The number of rotatable bonds is 74. The van der Waals surface area contributed by atoms with E-state index in [-0.39, 0.29) is 18.5 Å². The van der Waals surface area contributed by atoms with Gasteiger partial charge in [0.1, 0.15) is 0 Å². The molecular weight excluding hydrogens is 1040 g/mol. The van der Waals surface area contributed by atoms with Crippen molar-refractivity contribution in [2.24, 2.45) is 0 Å². The molecule has 6 nitrogen and oxygen atoms in total. The third-order valence-electron chi connectivity index (χ3n) is 18.5. The molecule has 0 rings (SSSR count). The molecular formula is C79H153NO5. The fourth-order valence-corrected chi connectivity index (χ4v) is 12.5. The summed E-state index contributed by atoms with van der Waals surface area (Å²) in [7, 11) is 0. The normalized spacial score (nSPS) is 12.6. The fourth-order valence-electron chi connectivity index (χ4n) is 12.5. The largest absolute Gasteiger partial charge is 0.466 e. The minimum atomic E-state index is -0.842. The van der Waals surface area contributed by atoms with Crippen molar-refractivity contribution in [2.45, 2.75) is 456 Å². The summed E-state index contributed by atoms with van der Waals surface area (Å²) in [5.74, 6) is -0.0468. The first-order valence-corrected chi connectivity index (χ1v) is 39.1. The zero-order valence-corrected chi connectivity index (χ0v) is 57.9. The van der Waals surface area contributed by atoms with Crippen LogP contribution in [0.2, 0.25) is 0 Å². The highest BCUT2D eigenvalue weighted by atomic mass is 16.5. The Kier molecular flexibility index (Phi) is 73.3. The van der Waals surface area contributed by atoms with Gasteiger partial charge in [-0.3, -0.25) is 9.59 Å². The van der Waals surface area contributed by atoms with Gasteiger partial charge in [0.2, 0.25) is 5.91 Å². The lowest BCUT2D eigenvalue weighted by molar-refractivity contribution is -0.143. The van der Waals surface area contributed by atoms with E-state index < -0.39 is 12.1 Å². The average molecular weight is 1200 g/mol. The summed E-state index contributed by atoms with van der Waals surface area (Å²) in [6.45, 7) is 4.92. The van der Waals surface area contributed by atoms with Crippen molar-refractivity contribution < 1.29 is 24.5 Å². The number of unbranched alkanes of at least 4 members (excludes halogenated alkanes) is 61. The van der Waals surface area contributed by atoms with E-state index in [9.17, 15) is 19.8 Å². The predicted molar refractivity (Wildman–Crippen MR) is 375 cm³/mol. The third-order valence-corrected chi connectivity index (χ3v) is 18.5. The molecule has 0 aliphatic rings. The SMILES string of the molecule is CCCC/C=C\CCCCCCCC(=O)OCCCCCCCCCCCCCCCCCCCCCCCCCCCCCCCCCCCC(=O)NC(CO)C(O)/C=C/CCCCCCCCCCCCCCCCCCCCCCCC. The molecule has 504 valence electrons. The molecule has 3 N–H and O–H groups in total. The van der Waals surface area contributed by atoms with E-state index in [4.69, 9.17) is 4.74 Å². The number of aliphatic hydroxyl groups excluding tert-OH is 2. The maximum Gasteiger partial charge on any atom is 0.305 e. The first kappa shape index (κ1) is 83.3. The van der Waals surface area contributed by atoms with Gasteiger partial charge in [0.25, 0.3) is 0 Å². The van der Waals surface area contributed by atoms with Crippen LogP contribution in [0.25, 0.3) is 0 Å². The van der Waals surface area contributed by atoms with Gasteiger partial charge >= 0.3 is 5.97 Å². The van der Waals surface area contributed by atoms with Gasteiger partial charge in [-0.15, -0.1) is 0 Å². The molecule has 6 heteroatoms. The smallest absolute Gasteiger partial charge is 0.305 e. The van der Waals surface area contributed by atoms with Crippen molar-refractivity contribution >= 4 is 11.9 Å². The van der Waals surface area contributed by atoms with Gasteiger partial charge in [-0.2, -0.15) is 0 Å². The van der Waals surface area contributed by atoms with Crippen LogP contribution in [0.3, 0.4) is 0 Å². The van der Waals surface area contributed by atoms with E-state index in [2.05, 4.69) is 31.3 Å². The molecule has 1 amide bonds. The van der Waals surface area contributed by atoms with Crippen LogP contribution < -0.4 is 5.32 Å². The van der Waals surface area contributed by atoms with Crippen LogP contribution in [-0.4, -0.2) is 47.4 Å². The van der Waals surface area contributed by atoms with Crippen LogP contribution in [0.1, 0.15) is 444 Å². The molecule has 0 aromatic heterocycles. The number of carbonyl (C=O) groups excluding carboxylic acids is 2. The summed E-state index contributed by atoms with van der Waals surface area (Å²) < 4.78 is 5.47. The van der Waals surface area contributed by atoms with Gasteiger partial charge < -0.3 is 20.3 Å². The van der Waals surface area contributed by atoms with E-state index in [1.807, 2.05) is 6.08 Å². The lowest BCUT2D eigenvalue weighted by Crippen LogP contribution is -2.45. The Bertz CT molecular complexity index is 1330. The van der Waals surface area contributed by atoms with Crippen molar-refractivity contribution in [3.63, 3.8) is 0 Å². The summed E-state index contributed by atoms with van der Waals surface area (Å²) in [6.07, 6.45) is 95.9. The second-order valence-electron chi connectivity index (χ2n) is 27.0. The molecule has 0 aromatic rings. The lowest BCUT2D eigenvalue weighted by Gasteiger charge is -2.20. The second kappa shape index (κ2) is 74.8. The number of carbonyl (C=O) groups is 2. The number of hydrogen-bond donors (Lipinski definition) is 3. The van der Waals surface area contributed by atoms with Crippen LogP contribution in [0.5, 0.6) is 0 Å². The Morgan fingerprint density at radius 3 is 0.871 bits per heavy atom. The number of hydrogen-bond acceptors (Lipinski definition) is 5. The molecule has 0 aromatic carbocycles. The number of aliphatic hydroxyl groups is 2. The molecule has 85 heavy (non-hydrogen) atoms. The molecule has 0 radical (unpaired) electrons. The second-order valence-corrected chi connectivity index (χ2v) is 27.0. The van der Waals surface area contributed by atoms with Gasteiger partial charge in [-0.1, -0.05) is 404 Å².